The molecule has 0 heterocycles. The number of ether oxygens (including phenoxy) is 1. The first kappa shape index (κ1) is 13.1. The molecule has 0 N–H and O–H groups in total. The van der Waals surface area contributed by atoms with Crippen molar-refractivity contribution in [1.82, 2.24) is 0 Å². The van der Waals surface area contributed by atoms with E-state index in [4.69, 9.17) is 16.3 Å². The number of alkyl halides is 1. The molecule has 0 radical (unpaired) electrons. The van der Waals surface area contributed by atoms with Gasteiger partial charge in [0.2, 0.25) is 0 Å². The minimum Gasteiger partial charge on any atom is -0.495 e. The van der Waals surface area contributed by atoms with Crippen molar-refractivity contribution in [3.05, 3.63) is 28.3 Å². The van der Waals surface area contributed by atoms with Crippen LogP contribution >= 0.6 is 34.2 Å². The van der Waals surface area contributed by atoms with Crippen LogP contribution in [0.1, 0.15) is 30.9 Å². The molecule has 0 atom stereocenters. The maximum absolute atomic E-state index is 6.32. The maximum Gasteiger partial charge on any atom is 0.140 e. The lowest BCUT2D eigenvalue weighted by molar-refractivity contribution is 0.410. The number of hydrogen-bond acceptors (Lipinski definition) is 1. The van der Waals surface area contributed by atoms with Crippen LogP contribution in [0.2, 0.25) is 5.02 Å². The van der Waals surface area contributed by atoms with E-state index in [1.54, 1.807) is 7.11 Å². The van der Waals surface area contributed by atoms with Gasteiger partial charge in [-0.25, -0.2) is 0 Å². The molecule has 1 rings (SSSR count). The Labute approximate surface area is 110 Å². The van der Waals surface area contributed by atoms with Crippen LogP contribution in [0.3, 0.4) is 0 Å². The third-order valence-electron chi connectivity index (χ3n) is 2.40. The molecule has 0 saturated heterocycles. The van der Waals surface area contributed by atoms with Gasteiger partial charge in [-0.05, 0) is 23.5 Å². The van der Waals surface area contributed by atoms with Crippen molar-refractivity contribution in [3.63, 3.8) is 0 Å². The number of aryl methyl sites for hydroxylation is 1. The molecule has 1 nitrogen and oxygen atoms in total. The predicted octanol–water partition coefficient (Wildman–Crippen LogP) is 4.45. The molecule has 3 heteroatoms. The summed E-state index contributed by atoms with van der Waals surface area (Å²) in [5.41, 5.74) is 2.35. The van der Waals surface area contributed by atoms with Crippen LogP contribution in [-0.2, 0) is 6.42 Å². The summed E-state index contributed by atoms with van der Waals surface area (Å²) in [6.07, 6.45) is 1.00. The highest BCUT2D eigenvalue weighted by Gasteiger charge is 2.13. The molecule has 0 bridgehead atoms. The average molecular weight is 339 g/mol. The lowest BCUT2D eigenvalue weighted by Crippen LogP contribution is -1.98. The highest BCUT2D eigenvalue weighted by atomic mass is 127. The van der Waals surface area contributed by atoms with Crippen LogP contribution in [0, 0.1) is 0 Å². The summed E-state index contributed by atoms with van der Waals surface area (Å²) in [6, 6.07) is 4.23. The molecule has 0 spiro atoms. The van der Waals surface area contributed by atoms with Crippen LogP contribution in [-0.4, -0.2) is 11.5 Å². The summed E-state index contributed by atoms with van der Waals surface area (Å²) >= 11 is 8.68. The SMILES string of the molecule is COc1c(CCI)ccc(C(C)C)c1Cl. The quantitative estimate of drug-likeness (QED) is 0.582. The van der Waals surface area contributed by atoms with Crippen molar-refractivity contribution in [2.45, 2.75) is 26.2 Å². The molecule has 0 amide bonds. The first-order valence-corrected chi connectivity index (χ1v) is 6.93. The van der Waals surface area contributed by atoms with Crippen molar-refractivity contribution < 1.29 is 4.74 Å². The molecule has 0 saturated carbocycles. The molecular formula is C12H16ClIO. The lowest BCUT2D eigenvalue weighted by Gasteiger charge is -2.15. The Kier molecular flexibility index (Phi) is 5.19. The van der Waals surface area contributed by atoms with Crippen LogP contribution in [0.25, 0.3) is 0 Å². The molecule has 0 fully saturated rings. The molecule has 0 aliphatic heterocycles. The molecule has 0 aliphatic rings. The van der Waals surface area contributed by atoms with E-state index >= 15 is 0 Å². The monoisotopic (exact) mass is 338 g/mol. The van der Waals surface area contributed by atoms with E-state index in [-0.39, 0.29) is 0 Å². The Morgan fingerprint density at radius 2 is 2.07 bits per heavy atom. The summed E-state index contributed by atoms with van der Waals surface area (Å²) in [6.45, 7) is 4.28. The van der Waals surface area contributed by atoms with Gasteiger partial charge in [0.05, 0.1) is 12.1 Å². The third-order valence-corrected chi connectivity index (χ3v) is 3.33. The van der Waals surface area contributed by atoms with Crippen molar-refractivity contribution in [2.24, 2.45) is 0 Å². The highest BCUT2D eigenvalue weighted by molar-refractivity contribution is 14.1. The second-order valence-electron chi connectivity index (χ2n) is 3.75. The maximum atomic E-state index is 6.32. The van der Waals surface area contributed by atoms with E-state index in [2.05, 4.69) is 48.6 Å². The molecule has 1 aromatic carbocycles. The number of methoxy groups -OCH3 is 1. The van der Waals surface area contributed by atoms with Crippen LogP contribution in [0.15, 0.2) is 12.1 Å². The zero-order valence-electron chi connectivity index (χ0n) is 9.31. The van der Waals surface area contributed by atoms with Gasteiger partial charge in [0, 0.05) is 4.43 Å². The Morgan fingerprint density at radius 1 is 1.40 bits per heavy atom. The van der Waals surface area contributed by atoms with E-state index in [0.29, 0.717) is 5.92 Å². The number of hydrogen-bond donors (Lipinski definition) is 0. The first-order chi connectivity index (χ1) is 7.11. The van der Waals surface area contributed by atoms with E-state index in [1.807, 2.05) is 0 Å². The highest BCUT2D eigenvalue weighted by Crippen LogP contribution is 2.36. The average Bonchev–Trinajstić information content (AvgIpc) is 2.18. The largest absolute Gasteiger partial charge is 0.495 e. The van der Waals surface area contributed by atoms with Crippen LogP contribution in [0.5, 0.6) is 5.75 Å². The normalized spacial score (nSPS) is 10.8. The summed E-state index contributed by atoms with van der Waals surface area (Å²) in [5.74, 6) is 1.28. The topological polar surface area (TPSA) is 9.23 Å². The second-order valence-corrected chi connectivity index (χ2v) is 5.21. The summed E-state index contributed by atoms with van der Waals surface area (Å²) in [5, 5.41) is 0.773. The summed E-state index contributed by atoms with van der Waals surface area (Å²) in [4.78, 5) is 0. The predicted molar refractivity (Wildman–Crippen MR) is 74.7 cm³/mol. The van der Waals surface area contributed by atoms with Gasteiger partial charge in [-0.1, -0.05) is 60.2 Å². The fraction of sp³-hybridized carbons (Fsp3) is 0.500. The zero-order valence-corrected chi connectivity index (χ0v) is 12.2. The van der Waals surface area contributed by atoms with Gasteiger partial charge in [-0.15, -0.1) is 0 Å². The Hall–Kier alpha value is 0.0400. The molecule has 0 aliphatic carbocycles. The zero-order chi connectivity index (χ0) is 11.4. The summed E-state index contributed by atoms with van der Waals surface area (Å²) in [7, 11) is 1.68. The number of rotatable bonds is 4. The van der Waals surface area contributed by atoms with Gasteiger partial charge in [0.1, 0.15) is 5.75 Å². The fourth-order valence-corrected chi connectivity index (χ4v) is 2.64. The smallest absolute Gasteiger partial charge is 0.140 e. The Balaban J connectivity index is 3.20. The van der Waals surface area contributed by atoms with Crippen molar-refractivity contribution in [1.29, 1.82) is 0 Å². The molecule has 15 heavy (non-hydrogen) atoms. The van der Waals surface area contributed by atoms with Crippen molar-refractivity contribution in [2.75, 3.05) is 11.5 Å². The van der Waals surface area contributed by atoms with Crippen molar-refractivity contribution in [3.8, 4) is 5.75 Å². The van der Waals surface area contributed by atoms with Gasteiger partial charge in [-0.2, -0.15) is 0 Å². The summed E-state index contributed by atoms with van der Waals surface area (Å²) < 4.78 is 6.46. The molecule has 84 valence electrons. The second kappa shape index (κ2) is 5.94. The van der Waals surface area contributed by atoms with Gasteiger partial charge in [-0.3, -0.25) is 0 Å². The van der Waals surface area contributed by atoms with E-state index in [1.165, 1.54) is 5.56 Å². The fourth-order valence-electron chi connectivity index (χ4n) is 1.58. The Morgan fingerprint density at radius 3 is 2.53 bits per heavy atom. The van der Waals surface area contributed by atoms with Gasteiger partial charge < -0.3 is 4.74 Å². The third kappa shape index (κ3) is 3.00. The van der Waals surface area contributed by atoms with Gasteiger partial charge in [0.25, 0.3) is 0 Å². The van der Waals surface area contributed by atoms with Gasteiger partial charge in [0.15, 0.2) is 0 Å². The van der Waals surface area contributed by atoms with Gasteiger partial charge >= 0.3 is 0 Å². The van der Waals surface area contributed by atoms with E-state index in [9.17, 15) is 0 Å². The minimum atomic E-state index is 0.431. The standard InChI is InChI=1S/C12H16ClIO/c1-8(2)10-5-4-9(6-7-14)12(15-3)11(10)13/h4-5,8H,6-7H2,1-3H3. The Bertz CT molecular complexity index is 337. The lowest BCUT2D eigenvalue weighted by atomic mass is 10.00. The molecule has 0 unspecified atom stereocenters. The number of benzene rings is 1. The number of halogens is 2. The molecular weight excluding hydrogens is 322 g/mol. The minimum absolute atomic E-state index is 0.431. The first-order valence-electron chi connectivity index (χ1n) is 5.03. The van der Waals surface area contributed by atoms with Crippen LogP contribution in [0.4, 0.5) is 0 Å². The van der Waals surface area contributed by atoms with E-state index < -0.39 is 0 Å². The van der Waals surface area contributed by atoms with Crippen LogP contribution < -0.4 is 4.74 Å². The van der Waals surface area contributed by atoms with E-state index in [0.717, 1.165) is 27.2 Å². The van der Waals surface area contributed by atoms with Crippen molar-refractivity contribution >= 4 is 34.2 Å². The molecule has 1 aromatic rings. The molecule has 0 aromatic heterocycles.